The summed E-state index contributed by atoms with van der Waals surface area (Å²) in [7, 11) is 0. The first-order chi connectivity index (χ1) is 19.8. The molecular weight excluding hydrogens is 504 g/mol. The van der Waals surface area contributed by atoms with Gasteiger partial charge in [0.05, 0.1) is 26.4 Å². The second-order valence-corrected chi connectivity index (χ2v) is 10.0. The molecule has 0 amide bonds. The maximum absolute atomic E-state index is 6.64. The number of benzene rings is 4. The molecule has 2 aliphatic heterocycles. The van der Waals surface area contributed by atoms with Crippen LogP contribution in [0.4, 0.5) is 0 Å². The van der Waals surface area contributed by atoms with Crippen LogP contribution in [0.25, 0.3) is 0 Å². The van der Waals surface area contributed by atoms with Crippen LogP contribution in [-0.2, 0) is 48.2 Å². The predicted molar refractivity (Wildman–Crippen MR) is 150 cm³/mol. The van der Waals surface area contributed by atoms with Gasteiger partial charge in [0.25, 0.3) is 0 Å². The highest BCUT2D eigenvalue weighted by Gasteiger charge is 2.51. The molecule has 0 radical (unpaired) electrons. The molecule has 2 saturated heterocycles. The molecular formula is C34H34O6. The fourth-order valence-corrected chi connectivity index (χ4v) is 5.11. The van der Waals surface area contributed by atoms with Gasteiger partial charge in [-0.2, -0.15) is 0 Å². The molecule has 0 N–H and O–H groups in total. The predicted octanol–water partition coefficient (Wildman–Crippen LogP) is 6.21. The lowest BCUT2D eigenvalue weighted by Gasteiger charge is -2.49. The number of fused-ring (bicyclic) bond motifs is 1. The van der Waals surface area contributed by atoms with E-state index in [2.05, 4.69) is 12.1 Å². The van der Waals surface area contributed by atoms with Crippen LogP contribution in [0, 0.1) is 0 Å². The lowest BCUT2D eigenvalue weighted by molar-refractivity contribution is -0.374. The topological polar surface area (TPSA) is 55.4 Å². The van der Waals surface area contributed by atoms with Crippen molar-refractivity contribution >= 4 is 0 Å². The quantitative estimate of drug-likeness (QED) is 0.239. The molecule has 2 fully saturated rings. The van der Waals surface area contributed by atoms with Crippen molar-refractivity contribution < 1.29 is 28.4 Å². The molecule has 0 aliphatic carbocycles. The normalized spacial score (nSPS) is 26.2. The van der Waals surface area contributed by atoms with E-state index in [-0.39, 0.29) is 6.10 Å². The molecule has 0 saturated carbocycles. The average Bonchev–Trinajstić information content (AvgIpc) is 3.03. The number of ether oxygens (including phenoxy) is 6. The summed E-state index contributed by atoms with van der Waals surface area (Å²) in [4.78, 5) is 0. The highest BCUT2D eigenvalue weighted by molar-refractivity contribution is 5.18. The molecule has 206 valence electrons. The molecule has 1 unspecified atom stereocenters. The van der Waals surface area contributed by atoms with Crippen molar-refractivity contribution in [1.82, 2.24) is 0 Å². The summed E-state index contributed by atoms with van der Waals surface area (Å²) >= 11 is 0. The summed E-state index contributed by atoms with van der Waals surface area (Å²) < 4.78 is 38.8. The Hall–Kier alpha value is -3.36. The highest BCUT2D eigenvalue weighted by atomic mass is 16.8. The van der Waals surface area contributed by atoms with Crippen molar-refractivity contribution in [2.24, 2.45) is 0 Å². The zero-order valence-corrected chi connectivity index (χ0v) is 22.3. The number of hydrogen-bond donors (Lipinski definition) is 0. The van der Waals surface area contributed by atoms with E-state index >= 15 is 0 Å². The van der Waals surface area contributed by atoms with Crippen molar-refractivity contribution in [3.05, 3.63) is 144 Å². The summed E-state index contributed by atoms with van der Waals surface area (Å²) in [5.74, 6) is 0. The number of rotatable bonds is 10. The third kappa shape index (κ3) is 6.67. The van der Waals surface area contributed by atoms with Crippen molar-refractivity contribution in [2.45, 2.75) is 56.8 Å². The van der Waals surface area contributed by atoms with Gasteiger partial charge in [0, 0.05) is 5.56 Å². The van der Waals surface area contributed by atoms with Crippen LogP contribution in [0.3, 0.4) is 0 Å². The first-order valence-corrected chi connectivity index (χ1v) is 13.8. The van der Waals surface area contributed by atoms with Gasteiger partial charge in [-0.25, -0.2) is 0 Å². The van der Waals surface area contributed by atoms with Crippen LogP contribution in [0.2, 0.25) is 0 Å². The maximum atomic E-state index is 6.64. The highest BCUT2D eigenvalue weighted by Crippen LogP contribution is 2.37. The van der Waals surface area contributed by atoms with Crippen LogP contribution in [0.5, 0.6) is 0 Å². The minimum absolute atomic E-state index is 0.353. The van der Waals surface area contributed by atoms with Crippen molar-refractivity contribution in [3.8, 4) is 0 Å². The average molecular weight is 539 g/mol. The van der Waals surface area contributed by atoms with E-state index in [1.807, 2.05) is 109 Å². The summed E-state index contributed by atoms with van der Waals surface area (Å²) in [6, 6.07) is 40.2. The van der Waals surface area contributed by atoms with Crippen LogP contribution in [0.15, 0.2) is 121 Å². The summed E-state index contributed by atoms with van der Waals surface area (Å²) in [5, 5.41) is 0. The lowest BCUT2D eigenvalue weighted by atomic mass is 9.97. The molecule has 0 bridgehead atoms. The van der Waals surface area contributed by atoms with Gasteiger partial charge >= 0.3 is 0 Å². The third-order valence-electron chi connectivity index (χ3n) is 7.18. The zero-order chi connectivity index (χ0) is 27.0. The third-order valence-corrected chi connectivity index (χ3v) is 7.18. The Labute approximate surface area is 235 Å². The monoisotopic (exact) mass is 538 g/mol. The van der Waals surface area contributed by atoms with E-state index in [9.17, 15) is 0 Å². The van der Waals surface area contributed by atoms with Gasteiger partial charge in [-0.05, 0) is 16.7 Å². The van der Waals surface area contributed by atoms with Crippen molar-refractivity contribution in [3.63, 3.8) is 0 Å². The van der Waals surface area contributed by atoms with Gasteiger partial charge in [-0.15, -0.1) is 0 Å². The van der Waals surface area contributed by atoms with Crippen molar-refractivity contribution in [1.29, 1.82) is 0 Å². The second-order valence-electron chi connectivity index (χ2n) is 10.0. The van der Waals surface area contributed by atoms with Gasteiger partial charge in [-0.3, -0.25) is 0 Å². The van der Waals surface area contributed by atoms with E-state index in [4.69, 9.17) is 28.4 Å². The molecule has 2 heterocycles. The fraction of sp³-hybridized carbons (Fsp3) is 0.294. The maximum Gasteiger partial charge on any atom is 0.187 e. The Kier molecular flexibility index (Phi) is 8.95. The van der Waals surface area contributed by atoms with Crippen molar-refractivity contribution in [2.75, 3.05) is 6.61 Å². The molecule has 4 aromatic rings. The van der Waals surface area contributed by atoms with Gasteiger partial charge < -0.3 is 28.4 Å². The first kappa shape index (κ1) is 26.8. The Morgan fingerprint density at radius 3 is 1.55 bits per heavy atom. The lowest BCUT2D eigenvalue weighted by Crippen LogP contribution is -2.63. The summed E-state index contributed by atoms with van der Waals surface area (Å²) in [6.07, 6.45) is -2.99. The van der Waals surface area contributed by atoms with Crippen LogP contribution in [-0.4, -0.2) is 37.3 Å². The van der Waals surface area contributed by atoms with Crippen LogP contribution in [0.1, 0.15) is 28.5 Å². The Morgan fingerprint density at radius 2 is 1.00 bits per heavy atom. The van der Waals surface area contributed by atoms with E-state index in [0.29, 0.717) is 26.4 Å². The van der Waals surface area contributed by atoms with Gasteiger partial charge in [-0.1, -0.05) is 121 Å². The molecule has 4 aromatic carbocycles. The first-order valence-electron chi connectivity index (χ1n) is 13.8. The van der Waals surface area contributed by atoms with Crippen LogP contribution >= 0.6 is 0 Å². The molecule has 6 heteroatoms. The fourth-order valence-electron chi connectivity index (χ4n) is 5.11. The Morgan fingerprint density at radius 1 is 0.525 bits per heavy atom. The molecule has 6 rings (SSSR count). The largest absolute Gasteiger partial charge is 0.368 e. The van der Waals surface area contributed by atoms with Gasteiger partial charge in [0.2, 0.25) is 0 Å². The summed E-state index contributed by atoms with van der Waals surface area (Å²) in [5.41, 5.74) is 4.13. The molecule has 2 aliphatic rings. The Balaban J connectivity index is 1.27. The van der Waals surface area contributed by atoms with E-state index < -0.39 is 30.9 Å². The Bertz CT molecular complexity index is 1290. The standard InChI is InChI=1S/C34H34O6/c1-5-13-25(14-6-1)21-35-31-30-29(24-38-33(40-30)28-19-11-4-12-20-28)39-34(37-23-27-17-9-3-10-18-27)32(31)36-22-26-15-7-2-8-16-26/h1-20,29-34H,21-24H2/t29-,30+,31+,32-,33?,34+/m1/s1. The van der Waals surface area contributed by atoms with Gasteiger partial charge in [0.15, 0.2) is 12.6 Å². The van der Waals surface area contributed by atoms with E-state index in [1.165, 1.54) is 0 Å². The summed E-state index contributed by atoms with van der Waals surface area (Å²) in [6.45, 7) is 1.53. The number of hydrogen-bond acceptors (Lipinski definition) is 6. The molecule has 6 atom stereocenters. The molecule has 40 heavy (non-hydrogen) atoms. The van der Waals surface area contributed by atoms with Gasteiger partial charge in [0.1, 0.15) is 24.4 Å². The smallest absolute Gasteiger partial charge is 0.187 e. The minimum atomic E-state index is -0.675. The van der Waals surface area contributed by atoms with Crippen LogP contribution < -0.4 is 0 Å². The molecule has 6 nitrogen and oxygen atoms in total. The zero-order valence-electron chi connectivity index (χ0n) is 22.3. The minimum Gasteiger partial charge on any atom is -0.368 e. The SMILES string of the molecule is c1ccc(CO[C@H]2O[C@@H]3COC(c4ccccc4)O[C@@H]3[C@H](OCc3ccccc3)[C@H]2OCc2ccccc2)cc1. The second kappa shape index (κ2) is 13.3. The van der Waals surface area contributed by atoms with E-state index in [1.54, 1.807) is 0 Å². The molecule has 0 spiro atoms. The van der Waals surface area contributed by atoms with E-state index in [0.717, 1.165) is 22.3 Å². The molecule has 0 aromatic heterocycles.